The number of pyridine rings is 1. The zero-order chi connectivity index (χ0) is 26.3. The van der Waals surface area contributed by atoms with E-state index in [0.29, 0.717) is 10.4 Å². The normalized spacial score (nSPS) is 11.1. The molecule has 5 aromatic rings. The Labute approximate surface area is 212 Å². The highest BCUT2D eigenvalue weighted by molar-refractivity contribution is 7.22. The Morgan fingerprint density at radius 2 is 1.76 bits per heavy atom. The summed E-state index contributed by atoms with van der Waals surface area (Å²) in [6.45, 7) is 1.35. The van der Waals surface area contributed by atoms with E-state index in [2.05, 4.69) is 4.98 Å². The van der Waals surface area contributed by atoms with Crippen molar-refractivity contribution in [3.8, 4) is 22.3 Å². The lowest BCUT2D eigenvalue weighted by Gasteiger charge is -2.17. The first kappa shape index (κ1) is 24.2. The standard InChI is InChI=1S/C27H17F3N4O2S/c1-15-8-18(14-32-13-15)34-26(35)19(9-16-10-20(28)24(30)21(29)11-16)25(33(7-6-31)27(34)36)23-12-17-4-2-3-5-22(17)37-23/h2-5,8,10-14H,7,9H2,1H3. The number of nitrogens with zero attached hydrogens (tertiary/aromatic N) is 4. The number of thiophene rings is 1. The van der Waals surface area contributed by atoms with Crippen molar-refractivity contribution in [1.82, 2.24) is 14.1 Å². The van der Waals surface area contributed by atoms with E-state index in [9.17, 15) is 28.0 Å². The van der Waals surface area contributed by atoms with Gasteiger partial charge in [-0.05, 0) is 53.8 Å². The maximum Gasteiger partial charge on any atom is 0.337 e. The number of aryl methyl sites for hydroxylation is 1. The van der Waals surface area contributed by atoms with Gasteiger partial charge in [0.05, 0.1) is 28.5 Å². The van der Waals surface area contributed by atoms with E-state index < -0.39 is 28.7 Å². The van der Waals surface area contributed by atoms with Gasteiger partial charge < -0.3 is 0 Å². The molecule has 0 radical (unpaired) electrons. The molecule has 10 heteroatoms. The number of halogens is 3. The fourth-order valence-corrected chi connectivity index (χ4v) is 5.41. The molecule has 0 atom stereocenters. The Morgan fingerprint density at radius 1 is 1.03 bits per heavy atom. The van der Waals surface area contributed by atoms with Gasteiger partial charge in [-0.2, -0.15) is 5.26 Å². The van der Waals surface area contributed by atoms with Crippen molar-refractivity contribution in [3.05, 3.63) is 116 Å². The molecular weight excluding hydrogens is 501 g/mol. The van der Waals surface area contributed by atoms with E-state index in [1.165, 1.54) is 22.1 Å². The Morgan fingerprint density at radius 3 is 2.43 bits per heavy atom. The summed E-state index contributed by atoms with van der Waals surface area (Å²) in [4.78, 5) is 32.1. The topological polar surface area (TPSA) is 80.7 Å². The number of aromatic nitrogens is 3. The first-order valence-electron chi connectivity index (χ1n) is 11.1. The van der Waals surface area contributed by atoms with E-state index in [1.807, 2.05) is 30.3 Å². The van der Waals surface area contributed by atoms with Crippen molar-refractivity contribution in [3.63, 3.8) is 0 Å². The fraction of sp³-hybridized carbons (Fsp3) is 0.111. The monoisotopic (exact) mass is 518 g/mol. The molecule has 0 unspecified atom stereocenters. The number of nitriles is 1. The highest BCUT2D eigenvalue weighted by atomic mass is 32.1. The third kappa shape index (κ3) is 4.34. The molecule has 0 aliphatic heterocycles. The first-order chi connectivity index (χ1) is 17.8. The van der Waals surface area contributed by atoms with Gasteiger partial charge in [-0.3, -0.25) is 14.3 Å². The Balaban J connectivity index is 1.87. The zero-order valence-corrected chi connectivity index (χ0v) is 20.2. The van der Waals surface area contributed by atoms with Crippen LogP contribution in [0.3, 0.4) is 0 Å². The second-order valence-electron chi connectivity index (χ2n) is 8.41. The maximum absolute atomic E-state index is 14.1. The minimum Gasteiger partial charge on any atom is -0.278 e. The predicted octanol–water partition coefficient (Wildman–Crippen LogP) is 5.12. The molecule has 0 aliphatic carbocycles. The van der Waals surface area contributed by atoms with E-state index in [0.717, 1.165) is 26.8 Å². The van der Waals surface area contributed by atoms with Crippen LogP contribution in [0.15, 0.2) is 70.5 Å². The molecule has 0 saturated carbocycles. The Bertz CT molecular complexity index is 1790. The predicted molar refractivity (Wildman–Crippen MR) is 134 cm³/mol. The summed E-state index contributed by atoms with van der Waals surface area (Å²) in [5.74, 6) is -4.41. The minimum atomic E-state index is -1.62. The van der Waals surface area contributed by atoms with Crippen molar-refractivity contribution >= 4 is 21.4 Å². The lowest BCUT2D eigenvalue weighted by atomic mass is 10.0. The SMILES string of the molecule is Cc1cncc(-n2c(=O)c(Cc3cc(F)c(F)c(F)c3)c(-c3cc4ccccc4s3)n(CC#N)c2=O)c1. The van der Waals surface area contributed by atoms with Gasteiger partial charge in [0, 0.05) is 22.9 Å². The molecule has 2 aromatic carbocycles. The third-order valence-corrected chi connectivity index (χ3v) is 6.99. The molecule has 0 spiro atoms. The summed E-state index contributed by atoms with van der Waals surface area (Å²) in [6.07, 6.45) is 2.58. The van der Waals surface area contributed by atoms with E-state index in [4.69, 9.17) is 0 Å². The zero-order valence-electron chi connectivity index (χ0n) is 19.3. The molecule has 184 valence electrons. The number of benzene rings is 2. The van der Waals surface area contributed by atoms with Crippen LogP contribution >= 0.6 is 11.3 Å². The molecule has 0 aliphatic rings. The average Bonchev–Trinajstić information content (AvgIpc) is 3.29. The van der Waals surface area contributed by atoms with Crippen molar-refractivity contribution in [2.75, 3.05) is 0 Å². The number of rotatable bonds is 5. The van der Waals surface area contributed by atoms with Crippen LogP contribution in [-0.2, 0) is 13.0 Å². The second-order valence-corrected chi connectivity index (χ2v) is 9.50. The van der Waals surface area contributed by atoms with Crippen LogP contribution in [0.4, 0.5) is 13.2 Å². The lowest BCUT2D eigenvalue weighted by molar-refractivity contribution is 0.445. The van der Waals surface area contributed by atoms with E-state index in [1.54, 1.807) is 25.3 Å². The average molecular weight is 519 g/mol. The molecule has 37 heavy (non-hydrogen) atoms. The summed E-state index contributed by atoms with van der Waals surface area (Å²) in [7, 11) is 0. The molecule has 3 aromatic heterocycles. The van der Waals surface area contributed by atoms with Crippen LogP contribution in [0, 0.1) is 35.7 Å². The summed E-state index contributed by atoms with van der Waals surface area (Å²) >= 11 is 1.31. The highest BCUT2D eigenvalue weighted by Gasteiger charge is 2.24. The van der Waals surface area contributed by atoms with Crippen LogP contribution in [0.25, 0.3) is 26.3 Å². The van der Waals surface area contributed by atoms with Gasteiger partial charge in [-0.25, -0.2) is 22.5 Å². The smallest absolute Gasteiger partial charge is 0.278 e. The highest BCUT2D eigenvalue weighted by Crippen LogP contribution is 2.35. The van der Waals surface area contributed by atoms with Crippen molar-refractivity contribution < 1.29 is 13.2 Å². The number of fused-ring (bicyclic) bond motifs is 1. The van der Waals surface area contributed by atoms with Gasteiger partial charge in [0.15, 0.2) is 17.5 Å². The van der Waals surface area contributed by atoms with Gasteiger partial charge in [0.2, 0.25) is 0 Å². The lowest BCUT2D eigenvalue weighted by Crippen LogP contribution is -2.41. The largest absolute Gasteiger partial charge is 0.337 e. The van der Waals surface area contributed by atoms with E-state index in [-0.39, 0.29) is 35.5 Å². The van der Waals surface area contributed by atoms with Crippen LogP contribution < -0.4 is 11.2 Å². The minimum absolute atomic E-state index is 0.00747. The first-order valence-corrected chi connectivity index (χ1v) is 11.9. The maximum atomic E-state index is 14.1. The summed E-state index contributed by atoms with van der Waals surface area (Å²) in [5, 5.41) is 10.4. The Hall–Kier alpha value is -4.49. The molecule has 0 amide bonds. The summed E-state index contributed by atoms with van der Waals surface area (Å²) in [5.41, 5.74) is -0.438. The molecule has 3 heterocycles. The van der Waals surface area contributed by atoms with Crippen LogP contribution in [0.5, 0.6) is 0 Å². The van der Waals surface area contributed by atoms with Crippen LogP contribution in [0.2, 0.25) is 0 Å². The van der Waals surface area contributed by atoms with Gasteiger partial charge in [0.25, 0.3) is 5.56 Å². The van der Waals surface area contributed by atoms with Crippen molar-refractivity contribution in [1.29, 1.82) is 5.26 Å². The molecular formula is C27H17F3N4O2S. The molecule has 6 nitrogen and oxygen atoms in total. The third-order valence-electron chi connectivity index (χ3n) is 5.87. The summed E-state index contributed by atoms with van der Waals surface area (Å²) < 4.78 is 44.7. The van der Waals surface area contributed by atoms with Crippen molar-refractivity contribution in [2.45, 2.75) is 19.9 Å². The van der Waals surface area contributed by atoms with Crippen LogP contribution in [0.1, 0.15) is 16.7 Å². The van der Waals surface area contributed by atoms with Crippen LogP contribution in [-0.4, -0.2) is 14.1 Å². The molecule has 0 fully saturated rings. The molecule has 0 N–H and O–H groups in total. The van der Waals surface area contributed by atoms with Gasteiger partial charge in [-0.15, -0.1) is 11.3 Å². The number of hydrogen-bond donors (Lipinski definition) is 0. The number of hydrogen-bond acceptors (Lipinski definition) is 5. The second kappa shape index (κ2) is 9.52. The fourth-order valence-electron chi connectivity index (χ4n) is 4.26. The van der Waals surface area contributed by atoms with Crippen molar-refractivity contribution in [2.24, 2.45) is 0 Å². The van der Waals surface area contributed by atoms with E-state index >= 15 is 0 Å². The molecule has 0 bridgehead atoms. The molecule has 0 saturated heterocycles. The van der Waals surface area contributed by atoms with Gasteiger partial charge in [-0.1, -0.05) is 18.2 Å². The Kier molecular flexibility index (Phi) is 6.23. The van der Waals surface area contributed by atoms with Gasteiger partial charge in [0.1, 0.15) is 6.54 Å². The molecule has 5 rings (SSSR count). The van der Waals surface area contributed by atoms with Gasteiger partial charge >= 0.3 is 5.69 Å². The summed E-state index contributed by atoms with van der Waals surface area (Å²) in [6, 6.07) is 14.4. The quantitative estimate of drug-likeness (QED) is 0.303.